The van der Waals surface area contributed by atoms with Crippen molar-refractivity contribution >= 4 is 11.9 Å². The molecule has 18 heavy (non-hydrogen) atoms. The van der Waals surface area contributed by atoms with Crippen LogP contribution in [0.2, 0.25) is 0 Å². The Morgan fingerprint density at radius 3 is 2.11 bits per heavy atom. The molecule has 0 aliphatic carbocycles. The minimum atomic E-state index is -0.974. The number of nitrogens with zero attached hydrogens (tertiary/aromatic N) is 1. The second-order valence-electron chi connectivity index (χ2n) is 4.55. The standard InChI is InChI=1S/C14H19NO3/c1-5-12(14(17)18)15(4)13(16)11-7-9(2)6-10(3)8-11/h6-8,12H,5H2,1-4H3,(H,17,18). The number of amides is 1. The summed E-state index contributed by atoms with van der Waals surface area (Å²) in [5.41, 5.74) is 2.53. The van der Waals surface area contributed by atoms with Crippen LogP contribution in [0.1, 0.15) is 34.8 Å². The number of aryl methyl sites for hydroxylation is 2. The monoisotopic (exact) mass is 249 g/mol. The van der Waals surface area contributed by atoms with E-state index < -0.39 is 12.0 Å². The molecule has 4 nitrogen and oxygen atoms in total. The number of hydrogen-bond acceptors (Lipinski definition) is 2. The molecule has 0 heterocycles. The number of aliphatic carboxylic acids is 1. The van der Waals surface area contributed by atoms with Gasteiger partial charge < -0.3 is 10.0 Å². The maximum Gasteiger partial charge on any atom is 0.326 e. The van der Waals surface area contributed by atoms with E-state index in [9.17, 15) is 9.59 Å². The number of carboxylic acids is 1. The molecule has 0 spiro atoms. The zero-order valence-electron chi connectivity index (χ0n) is 11.2. The van der Waals surface area contributed by atoms with E-state index >= 15 is 0 Å². The van der Waals surface area contributed by atoms with Gasteiger partial charge in [-0.15, -0.1) is 0 Å². The quantitative estimate of drug-likeness (QED) is 0.890. The molecule has 1 unspecified atom stereocenters. The first-order chi connectivity index (χ1) is 8.36. The molecule has 1 atom stereocenters. The van der Waals surface area contributed by atoms with E-state index in [2.05, 4.69) is 0 Å². The van der Waals surface area contributed by atoms with Crippen molar-refractivity contribution in [1.82, 2.24) is 4.90 Å². The summed E-state index contributed by atoms with van der Waals surface area (Å²) in [6.07, 6.45) is 0.391. The smallest absolute Gasteiger partial charge is 0.326 e. The van der Waals surface area contributed by atoms with Crippen LogP contribution in [0.25, 0.3) is 0 Å². The van der Waals surface area contributed by atoms with E-state index in [1.807, 2.05) is 19.9 Å². The second kappa shape index (κ2) is 5.67. The third kappa shape index (κ3) is 3.09. The summed E-state index contributed by atoms with van der Waals surface area (Å²) < 4.78 is 0. The fourth-order valence-corrected chi connectivity index (χ4v) is 2.06. The SMILES string of the molecule is CCC(C(=O)O)N(C)C(=O)c1cc(C)cc(C)c1. The highest BCUT2D eigenvalue weighted by molar-refractivity contribution is 5.96. The molecule has 0 fully saturated rings. The Balaban J connectivity index is 3.02. The van der Waals surface area contributed by atoms with Gasteiger partial charge in [0.05, 0.1) is 0 Å². The van der Waals surface area contributed by atoms with Crippen molar-refractivity contribution in [3.63, 3.8) is 0 Å². The topological polar surface area (TPSA) is 57.6 Å². The van der Waals surface area contributed by atoms with Crippen molar-refractivity contribution < 1.29 is 14.7 Å². The number of benzene rings is 1. The summed E-state index contributed by atoms with van der Waals surface area (Å²) in [5, 5.41) is 9.05. The highest BCUT2D eigenvalue weighted by atomic mass is 16.4. The summed E-state index contributed by atoms with van der Waals surface area (Å²) in [6, 6.07) is 4.75. The van der Waals surface area contributed by atoms with Crippen LogP contribution in [0.5, 0.6) is 0 Å². The van der Waals surface area contributed by atoms with Gasteiger partial charge in [-0.25, -0.2) is 4.79 Å². The largest absolute Gasteiger partial charge is 0.480 e. The van der Waals surface area contributed by atoms with E-state index in [1.54, 1.807) is 19.1 Å². The summed E-state index contributed by atoms with van der Waals surface area (Å²) >= 11 is 0. The van der Waals surface area contributed by atoms with E-state index in [0.717, 1.165) is 11.1 Å². The number of carboxylic acid groups (broad SMARTS) is 1. The van der Waals surface area contributed by atoms with Crippen LogP contribution in [0.15, 0.2) is 18.2 Å². The van der Waals surface area contributed by atoms with Gasteiger partial charge in [0, 0.05) is 12.6 Å². The average Bonchev–Trinajstić information content (AvgIpc) is 2.26. The molecule has 0 aliphatic rings. The van der Waals surface area contributed by atoms with Gasteiger partial charge in [-0.1, -0.05) is 24.1 Å². The third-order valence-electron chi connectivity index (χ3n) is 2.93. The van der Waals surface area contributed by atoms with Crippen LogP contribution in [0.3, 0.4) is 0 Å². The lowest BCUT2D eigenvalue weighted by Crippen LogP contribution is -2.42. The summed E-state index contributed by atoms with van der Waals surface area (Å²) in [6.45, 7) is 5.58. The first-order valence-electron chi connectivity index (χ1n) is 5.95. The molecule has 1 aromatic rings. The molecule has 0 aliphatic heterocycles. The molecule has 1 aromatic carbocycles. The molecule has 0 saturated heterocycles. The van der Waals surface area contributed by atoms with Gasteiger partial charge in [-0.05, 0) is 32.4 Å². The maximum absolute atomic E-state index is 12.2. The fourth-order valence-electron chi connectivity index (χ4n) is 2.06. The van der Waals surface area contributed by atoms with Crippen LogP contribution in [-0.4, -0.2) is 35.0 Å². The van der Waals surface area contributed by atoms with Crippen molar-refractivity contribution in [2.75, 3.05) is 7.05 Å². The minimum absolute atomic E-state index is 0.254. The zero-order chi connectivity index (χ0) is 13.9. The molecule has 1 rings (SSSR count). The normalized spacial score (nSPS) is 12.0. The molecule has 4 heteroatoms. The summed E-state index contributed by atoms with van der Waals surface area (Å²) in [7, 11) is 1.53. The average molecular weight is 249 g/mol. The van der Waals surface area contributed by atoms with E-state index in [-0.39, 0.29) is 5.91 Å². The maximum atomic E-state index is 12.2. The zero-order valence-corrected chi connectivity index (χ0v) is 11.2. The Kier molecular flexibility index (Phi) is 4.48. The molecule has 0 aromatic heterocycles. The summed E-state index contributed by atoms with van der Waals surface area (Å²) in [4.78, 5) is 24.6. The van der Waals surface area contributed by atoms with Crippen LogP contribution < -0.4 is 0 Å². The predicted octanol–water partition coefficient (Wildman–Crippen LogP) is 2.24. The molecule has 0 bridgehead atoms. The second-order valence-corrected chi connectivity index (χ2v) is 4.55. The van der Waals surface area contributed by atoms with Crippen molar-refractivity contribution in [1.29, 1.82) is 0 Å². The minimum Gasteiger partial charge on any atom is -0.480 e. The van der Waals surface area contributed by atoms with Crippen LogP contribution in [-0.2, 0) is 4.79 Å². The molecule has 0 saturated carbocycles. The number of hydrogen-bond donors (Lipinski definition) is 1. The number of rotatable bonds is 4. The Labute approximate surface area is 107 Å². The lowest BCUT2D eigenvalue weighted by atomic mass is 10.1. The molecule has 1 amide bonds. The number of carbonyl (C=O) groups excluding carboxylic acids is 1. The fraction of sp³-hybridized carbons (Fsp3) is 0.429. The first kappa shape index (κ1) is 14.2. The van der Waals surface area contributed by atoms with Crippen LogP contribution in [0.4, 0.5) is 0 Å². The van der Waals surface area contributed by atoms with E-state index in [0.29, 0.717) is 12.0 Å². The van der Waals surface area contributed by atoms with Crippen molar-refractivity contribution in [3.05, 3.63) is 34.9 Å². The van der Waals surface area contributed by atoms with Crippen LogP contribution in [0, 0.1) is 13.8 Å². The van der Waals surface area contributed by atoms with Crippen molar-refractivity contribution in [2.24, 2.45) is 0 Å². The number of carbonyl (C=O) groups is 2. The summed E-state index contributed by atoms with van der Waals surface area (Å²) in [5.74, 6) is -1.23. The van der Waals surface area contributed by atoms with Gasteiger partial charge in [0.15, 0.2) is 0 Å². The predicted molar refractivity (Wildman–Crippen MR) is 69.7 cm³/mol. The Morgan fingerprint density at radius 2 is 1.72 bits per heavy atom. The van der Waals surface area contributed by atoms with Crippen LogP contribution >= 0.6 is 0 Å². The Bertz CT molecular complexity index is 448. The van der Waals surface area contributed by atoms with Gasteiger partial charge >= 0.3 is 5.97 Å². The molecular formula is C14H19NO3. The highest BCUT2D eigenvalue weighted by Crippen LogP contribution is 2.13. The van der Waals surface area contributed by atoms with Gasteiger partial charge in [0.2, 0.25) is 0 Å². The third-order valence-corrected chi connectivity index (χ3v) is 2.93. The molecule has 98 valence electrons. The Hall–Kier alpha value is -1.84. The molecule has 0 radical (unpaired) electrons. The number of likely N-dealkylation sites (N-methyl/N-ethyl adjacent to an activating group) is 1. The van der Waals surface area contributed by atoms with Gasteiger partial charge in [-0.2, -0.15) is 0 Å². The Morgan fingerprint density at radius 1 is 1.22 bits per heavy atom. The highest BCUT2D eigenvalue weighted by Gasteiger charge is 2.25. The first-order valence-corrected chi connectivity index (χ1v) is 5.95. The molecular weight excluding hydrogens is 230 g/mol. The lowest BCUT2D eigenvalue weighted by molar-refractivity contribution is -0.142. The van der Waals surface area contributed by atoms with E-state index in [4.69, 9.17) is 5.11 Å². The lowest BCUT2D eigenvalue weighted by Gasteiger charge is -2.24. The van der Waals surface area contributed by atoms with Crippen molar-refractivity contribution in [2.45, 2.75) is 33.2 Å². The van der Waals surface area contributed by atoms with E-state index in [1.165, 1.54) is 11.9 Å². The van der Waals surface area contributed by atoms with Gasteiger partial charge in [0.25, 0.3) is 5.91 Å². The molecule has 1 N–H and O–H groups in total. The van der Waals surface area contributed by atoms with Gasteiger partial charge in [-0.3, -0.25) is 4.79 Å². The van der Waals surface area contributed by atoms with Gasteiger partial charge in [0.1, 0.15) is 6.04 Å². The van der Waals surface area contributed by atoms with Crippen molar-refractivity contribution in [3.8, 4) is 0 Å².